The number of hydrogen-bond donors (Lipinski definition) is 1. The fourth-order valence-electron chi connectivity index (χ4n) is 2.56. The number of amides is 1. The molecule has 1 aromatic carbocycles. The fraction of sp³-hybridized carbons (Fsp3) is 0.353. The van der Waals surface area contributed by atoms with E-state index in [1.807, 2.05) is 0 Å². The van der Waals surface area contributed by atoms with Crippen LogP contribution in [-0.2, 0) is 0 Å². The number of rotatable bonds is 3. The van der Waals surface area contributed by atoms with Gasteiger partial charge in [0.25, 0.3) is 5.91 Å². The van der Waals surface area contributed by atoms with Crippen LogP contribution in [0.1, 0.15) is 30.3 Å². The second-order valence-electron chi connectivity index (χ2n) is 5.87. The van der Waals surface area contributed by atoms with Crippen molar-refractivity contribution in [2.45, 2.75) is 19.8 Å². The van der Waals surface area contributed by atoms with E-state index in [1.54, 1.807) is 12.3 Å². The molecule has 1 amide bonds. The number of anilines is 2. The lowest BCUT2D eigenvalue weighted by molar-refractivity contribution is 0.102. The molecule has 0 aliphatic carbocycles. The van der Waals surface area contributed by atoms with Gasteiger partial charge in [-0.05, 0) is 49.1 Å². The second-order valence-corrected chi connectivity index (χ2v) is 5.87. The summed E-state index contributed by atoms with van der Waals surface area (Å²) in [7, 11) is 0. The molecule has 1 saturated heterocycles. The van der Waals surface area contributed by atoms with Crippen LogP contribution in [-0.4, -0.2) is 29.0 Å². The van der Waals surface area contributed by atoms with Crippen molar-refractivity contribution in [3.63, 3.8) is 0 Å². The van der Waals surface area contributed by atoms with Crippen LogP contribution < -0.4 is 10.2 Å². The van der Waals surface area contributed by atoms with Gasteiger partial charge in [0, 0.05) is 25.0 Å². The van der Waals surface area contributed by atoms with Crippen LogP contribution in [0.5, 0.6) is 0 Å². The lowest BCUT2D eigenvalue weighted by Crippen LogP contribution is -2.34. The van der Waals surface area contributed by atoms with Gasteiger partial charge in [0.05, 0.1) is 0 Å². The molecule has 0 unspecified atom stereocenters. The molecule has 1 fully saturated rings. The van der Waals surface area contributed by atoms with Crippen molar-refractivity contribution in [3.8, 4) is 0 Å². The maximum atomic E-state index is 12.9. The zero-order chi connectivity index (χ0) is 16.2. The Morgan fingerprint density at radius 1 is 1.22 bits per heavy atom. The SMILES string of the molecule is CC1CCN(c2nccc(C(=O)Nc3ccc(F)cc3)n2)CC1. The van der Waals surface area contributed by atoms with Crippen molar-refractivity contribution in [1.82, 2.24) is 9.97 Å². The van der Waals surface area contributed by atoms with E-state index in [-0.39, 0.29) is 11.7 Å². The summed E-state index contributed by atoms with van der Waals surface area (Å²) in [6.45, 7) is 4.05. The minimum Gasteiger partial charge on any atom is -0.341 e. The van der Waals surface area contributed by atoms with Gasteiger partial charge >= 0.3 is 0 Å². The molecule has 0 radical (unpaired) electrons. The average molecular weight is 314 g/mol. The predicted octanol–water partition coefficient (Wildman–Crippen LogP) is 3.10. The third-order valence-electron chi connectivity index (χ3n) is 4.04. The summed E-state index contributed by atoms with van der Waals surface area (Å²) in [5.41, 5.74) is 0.835. The van der Waals surface area contributed by atoms with Gasteiger partial charge in [-0.15, -0.1) is 0 Å². The number of carbonyl (C=O) groups excluding carboxylic acids is 1. The largest absolute Gasteiger partial charge is 0.341 e. The van der Waals surface area contributed by atoms with Crippen molar-refractivity contribution in [2.75, 3.05) is 23.3 Å². The first-order valence-electron chi connectivity index (χ1n) is 7.77. The van der Waals surface area contributed by atoms with Gasteiger partial charge < -0.3 is 10.2 Å². The number of piperidine rings is 1. The van der Waals surface area contributed by atoms with E-state index < -0.39 is 0 Å². The number of hydrogen-bond acceptors (Lipinski definition) is 4. The van der Waals surface area contributed by atoms with E-state index in [0.717, 1.165) is 31.8 Å². The summed E-state index contributed by atoms with van der Waals surface area (Å²) in [6, 6.07) is 7.21. The second kappa shape index (κ2) is 6.73. The Labute approximate surface area is 134 Å². The molecule has 1 aromatic heterocycles. The van der Waals surface area contributed by atoms with Crippen LogP contribution in [0.25, 0.3) is 0 Å². The van der Waals surface area contributed by atoms with Crippen LogP contribution in [0.3, 0.4) is 0 Å². The van der Waals surface area contributed by atoms with E-state index in [1.165, 1.54) is 24.3 Å². The molecular formula is C17H19FN4O. The maximum Gasteiger partial charge on any atom is 0.274 e. The standard InChI is InChI=1S/C17H19FN4O/c1-12-7-10-22(11-8-12)17-19-9-6-15(21-17)16(23)20-14-4-2-13(18)3-5-14/h2-6,9,12H,7-8,10-11H2,1H3,(H,20,23). The van der Waals surface area contributed by atoms with Crippen LogP contribution in [0, 0.1) is 11.7 Å². The monoisotopic (exact) mass is 314 g/mol. The normalized spacial score (nSPS) is 15.5. The maximum absolute atomic E-state index is 12.9. The molecule has 5 nitrogen and oxygen atoms in total. The molecule has 1 aliphatic heterocycles. The number of nitrogens with one attached hydrogen (secondary N) is 1. The van der Waals surface area contributed by atoms with Crippen molar-refractivity contribution < 1.29 is 9.18 Å². The fourth-order valence-corrected chi connectivity index (χ4v) is 2.56. The number of nitrogens with zero attached hydrogens (tertiary/aromatic N) is 3. The molecule has 3 rings (SSSR count). The highest BCUT2D eigenvalue weighted by molar-refractivity contribution is 6.02. The Kier molecular flexibility index (Phi) is 4.50. The molecule has 0 spiro atoms. The van der Waals surface area contributed by atoms with Crippen molar-refractivity contribution >= 4 is 17.5 Å². The van der Waals surface area contributed by atoms with Crippen LogP contribution in [0.4, 0.5) is 16.0 Å². The summed E-state index contributed by atoms with van der Waals surface area (Å²) in [6.07, 6.45) is 3.81. The molecule has 0 bridgehead atoms. The summed E-state index contributed by atoms with van der Waals surface area (Å²) in [4.78, 5) is 23.0. The highest BCUT2D eigenvalue weighted by Gasteiger charge is 2.19. The zero-order valence-electron chi connectivity index (χ0n) is 13.0. The summed E-state index contributed by atoms with van der Waals surface area (Å²) < 4.78 is 12.9. The predicted molar refractivity (Wildman–Crippen MR) is 87.0 cm³/mol. The van der Waals surface area contributed by atoms with E-state index in [9.17, 15) is 9.18 Å². The third kappa shape index (κ3) is 3.83. The van der Waals surface area contributed by atoms with Crippen LogP contribution in [0.2, 0.25) is 0 Å². The van der Waals surface area contributed by atoms with Crippen LogP contribution in [0.15, 0.2) is 36.5 Å². The summed E-state index contributed by atoms with van der Waals surface area (Å²) >= 11 is 0. The first-order valence-corrected chi connectivity index (χ1v) is 7.77. The van der Waals surface area contributed by atoms with E-state index in [4.69, 9.17) is 0 Å². The topological polar surface area (TPSA) is 58.1 Å². The van der Waals surface area contributed by atoms with Gasteiger partial charge in [0.1, 0.15) is 11.5 Å². The lowest BCUT2D eigenvalue weighted by atomic mass is 10.00. The summed E-state index contributed by atoms with van der Waals surface area (Å²) in [5, 5.41) is 2.71. The van der Waals surface area contributed by atoms with Gasteiger partial charge in [-0.2, -0.15) is 0 Å². The van der Waals surface area contributed by atoms with Crippen molar-refractivity contribution in [1.29, 1.82) is 0 Å². The Hall–Kier alpha value is -2.50. The van der Waals surface area contributed by atoms with Crippen molar-refractivity contribution in [2.24, 2.45) is 5.92 Å². The summed E-state index contributed by atoms with van der Waals surface area (Å²) in [5.74, 6) is 0.636. The molecule has 2 heterocycles. The molecular weight excluding hydrogens is 295 g/mol. The lowest BCUT2D eigenvalue weighted by Gasteiger charge is -2.30. The molecule has 1 N–H and O–H groups in total. The van der Waals surface area contributed by atoms with Gasteiger partial charge in [-0.25, -0.2) is 14.4 Å². The molecule has 1 aliphatic rings. The molecule has 2 aromatic rings. The number of aromatic nitrogens is 2. The molecule has 23 heavy (non-hydrogen) atoms. The van der Waals surface area contributed by atoms with Crippen LogP contribution >= 0.6 is 0 Å². The molecule has 0 atom stereocenters. The Morgan fingerprint density at radius 3 is 2.61 bits per heavy atom. The highest BCUT2D eigenvalue weighted by Crippen LogP contribution is 2.20. The highest BCUT2D eigenvalue weighted by atomic mass is 19.1. The third-order valence-corrected chi connectivity index (χ3v) is 4.04. The van der Waals surface area contributed by atoms with E-state index in [2.05, 4.69) is 27.1 Å². The van der Waals surface area contributed by atoms with Crippen molar-refractivity contribution in [3.05, 3.63) is 48.0 Å². The van der Waals surface area contributed by atoms with E-state index >= 15 is 0 Å². The van der Waals surface area contributed by atoms with Gasteiger partial charge in [0.2, 0.25) is 5.95 Å². The number of halogens is 1. The first-order chi connectivity index (χ1) is 11.1. The number of carbonyl (C=O) groups is 1. The van der Waals surface area contributed by atoms with E-state index in [0.29, 0.717) is 17.3 Å². The number of benzene rings is 1. The Morgan fingerprint density at radius 2 is 1.91 bits per heavy atom. The zero-order valence-corrected chi connectivity index (χ0v) is 13.0. The quantitative estimate of drug-likeness (QED) is 0.946. The first kappa shape index (κ1) is 15.4. The average Bonchev–Trinajstić information content (AvgIpc) is 2.58. The molecule has 6 heteroatoms. The minimum absolute atomic E-state index is 0.304. The smallest absolute Gasteiger partial charge is 0.274 e. The Balaban J connectivity index is 1.71. The molecule has 0 saturated carbocycles. The minimum atomic E-state index is -0.341. The van der Waals surface area contributed by atoms with Gasteiger partial charge in [-0.1, -0.05) is 6.92 Å². The molecule has 120 valence electrons. The van der Waals surface area contributed by atoms with Gasteiger partial charge in [0.15, 0.2) is 0 Å². The Bertz CT molecular complexity index is 681. The van der Waals surface area contributed by atoms with Gasteiger partial charge in [-0.3, -0.25) is 4.79 Å².